The first-order chi connectivity index (χ1) is 23.9. The third-order valence-corrected chi connectivity index (χ3v) is 8.67. The number of carbonyl (C=O) groups is 4. The number of carboxylic acid groups (broad SMARTS) is 1. The summed E-state index contributed by atoms with van der Waals surface area (Å²) in [6.07, 6.45) is -1.35. The van der Waals surface area contributed by atoms with E-state index in [1.807, 2.05) is 12.1 Å². The first-order valence-electron chi connectivity index (χ1n) is 16.4. The van der Waals surface area contributed by atoms with Gasteiger partial charge in [0.2, 0.25) is 0 Å². The summed E-state index contributed by atoms with van der Waals surface area (Å²) in [4.78, 5) is 56.3. The summed E-state index contributed by atoms with van der Waals surface area (Å²) in [5.41, 5.74) is 1.81. The molecule has 0 saturated heterocycles. The quantitative estimate of drug-likeness (QED) is 0.156. The van der Waals surface area contributed by atoms with Crippen molar-refractivity contribution in [2.24, 2.45) is 0 Å². The van der Waals surface area contributed by atoms with Crippen LogP contribution in [0.4, 0.5) is 9.59 Å². The molecule has 0 radical (unpaired) electrons. The number of aromatic nitrogens is 3. The third-order valence-electron chi connectivity index (χ3n) is 8.12. The number of rotatable bonds is 7. The number of hydrogen-bond donors (Lipinski definition) is 2. The van der Waals surface area contributed by atoms with Gasteiger partial charge < -0.3 is 19.6 Å². The smallest absolute Gasteiger partial charge is 0.419 e. The Labute approximate surface area is 303 Å². The lowest BCUT2D eigenvalue weighted by Crippen LogP contribution is -2.27. The van der Waals surface area contributed by atoms with E-state index in [0.29, 0.717) is 65.9 Å². The SMILES string of the molecule is CC(C)(C)OC(=O)n1c(-c2cc3c(cc2Cl)cc(-c2[nH]c4ccccc4c2C(=O)CCCC(=O)O)n3C(=O)OC(C)(C)C)cc2cc(Cl)ccc21. The van der Waals surface area contributed by atoms with Crippen LogP contribution in [-0.2, 0) is 14.3 Å². The molecule has 10 nitrogen and oxygen atoms in total. The molecule has 12 heteroatoms. The van der Waals surface area contributed by atoms with Crippen LogP contribution in [0, 0.1) is 0 Å². The molecular formula is C39H37Cl2N3O7. The summed E-state index contributed by atoms with van der Waals surface area (Å²) in [6, 6.07) is 19.3. The summed E-state index contributed by atoms with van der Waals surface area (Å²) in [5, 5.41) is 11.8. The Hall–Kier alpha value is -5.06. The fourth-order valence-corrected chi connectivity index (χ4v) is 6.60. The number of H-pyrrole nitrogens is 1. The zero-order valence-corrected chi connectivity index (χ0v) is 30.5. The van der Waals surface area contributed by atoms with Gasteiger partial charge in [0.25, 0.3) is 0 Å². The van der Waals surface area contributed by atoms with Gasteiger partial charge in [0.1, 0.15) is 11.2 Å². The molecule has 6 aromatic rings. The number of hydrogen-bond acceptors (Lipinski definition) is 6. The van der Waals surface area contributed by atoms with E-state index in [4.69, 9.17) is 32.7 Å². The number of carbonyl (C=O) groups excluding carboxylic acids is 3. The first-order valence-corrected chi connectivity index (χ1v) is 17.2. The van der Waals surface area contributed by atoms with E-state index < -0.39 is 29.4 Å². The first kappa shape index (κ1) is 35.8. The normalized spacial score (nSPS) is 12.2. The zero-order valence-electron chi connectivity index (χ0n) is 29.0. The minimum absolute atomic E-state index is 0.0109. The number of nitrogens with one attached hydrogen (secondary N) is 1. The fraction of sp³-hybridized carbons (Fsp3) is 0.282. The van der Waals surface area contributed by atoms with Crippen LogP contribution in [0.15, 0.2) is 66.7 Å². The average molecular weight is 731 g/mol. The van der Waals surface area contributed by atoms with Crippen LogP contribution in [0.2, 0.25) is 10.0 Å². The van der Waals surface area contributed by atoms with E-state index in [1.54, 1.807) is 96.1 Å². The van der Waals surface area contributed by atoms with Gasteiger partial charge in [-0.3, -0.25) is 9.59 Å². The van der Waals surface area contributed by atoms with Gasteiger partial charge in [-0.1, -0.05) is 41.4 Å². The number of para-hydroxylation sites is 1. The van der Waals surface area contributed by atoms with Gasteiger partial charge in [-0.25, -0.2) is 18.7 Å². The van der Waals surface area contributed by atoms with Gasteiger partial charge in [0, 0.05) is 45.1 Å². The minimum atomic E-state index is -0.992. The molecule has 0 amide bonds. The second-order valence-electron chi connectivity index (χ2n) is 14.4. The monoisotopic (exact) mass is 729 g/mol. The lowest BCUT2D eigenvalue weighted by Gasteiger charge is -2.22. The highest BCUT2D eigenvalue weighted by atomic mass is 35.5. The number of fused-ring (bicyclic) bond motifs is 3. The predicted molar refractivity (Wildman–Crippen MR) is 199 cm³/mol. The van der Waals surface area contributed by atoms with Gasteiger partial charge in [-0.05, 0) is 96.5 Å². The van der Waals surface area contributed by atoms with E-state index in [9.17, 15) is 24.3 Å². The van der Waals surface area contributed by atoms with Crippen molar-refractivity contribution < 1.29 is 33.8 Å². The molecule has 0 aliphatic heterocycles. The van der Waals surface area contributed by atoms with Crippen molar-refractivity contribution in [1.82, 2.24) is 14.1 Å². The van der Waals surface area contributed by atoms with Crippen molar-refractivity contribution in [2.75, 3.05) is 0 Å². The second-order valence-corrected chi connectivity index (χ2v) is 15.2. The molecule has 0 atom stereocenters. The number of benzene rings is 3. The van der Waals surface area contributed by atoms with Crippen LogP contribution < -0.4 is 0 Å². The van der Waals surface area contributed by atoms with Crippen LogP contribution >= 0.6 is 23.2 Å². The number of Topliss-reactive ketones (excluding diaryl/α,β-unsaturated/α-hetero) is 1. The Balaban J connectivity index is 1.62. The Kier molecular flexibility index (Phi) is 9.29. The summed E-state index contributed by atoms with van der Waals surface area (Å²) in [6.45, 7) is 10.6. The lowest BCUT2D eigenvalue weighted by atomic mass is 10.0. The van der Waals surface area contributed by atoms with E-state index in [0.717, 1.165) is 0 Å². The Morgan fingerprint density at radius 1 is 0.745 bits per heavy atom. The maximum Gasteiger partial charge on any atom is 0.419 e. The van der Waals surface area contributed by atoms with E-state index in [1.165, 1.54) is 9.13 Å². The summed E-state index contributed by atoms with van der Waals surface area (Å²) < 4.78 is 14.5. The van der Waals surface area contributed by atoms with Gasteiger partial charge in [0.15, 0.2) is 5.78 Å². The molecule has 0 aliphatic carbocycles. The van der Waals surface area contributed by atoms with E-state index in [-0.39, 0.29) is 30.1 Å². The van der Waals surface area contributed by atoms with Gasteiger partial charge >= 0.3 is 18.2 Å². The van der Waals surface area contributed by atoms with Crippen LogP contribution in [-0.4, -0.2) is 54.4 Å². The highest BCUT2D eigenvalue weighted by Gasteiger charge is 2.30. The Morgan fingerprint density at radius 3 is 2.00 bits per heavy atom. The minimum Gasteiger partial charge on any atom is -0.481 e. The van der Waals surface area contributed by atoms with Gasteiger partial charge in [0.05, 0.1) is 38.7 Å². The summed E-state index contributed by atoms with van der Waals surface area (Å²) in [7, 11) is 0. The Bertz CT molecular complexity index is 2390. The maximum absolute atomic E-state index is 14.2. The predicted octanol–water partition coefficient (Wildman–Crippen LogP) is 10.7. The maximum atomic E-state index is 14.2. The topological polar surface area (TPSA) is 133 Å². The van der Waals surface area contributed by atoms with Crippen molar-refractivity contribution >= 4 is 79.8 Å². The molecule has 0 bridgehead atoms. The highest BCUT2D eigenvalue weighted by Crippen LogP contribution is 2.41. The summed E-state index contributed by atoms with van der Waals surface area (Å²) >= 11 is 13.3. The van der Waals surface area contributed by atoms with E-state index >= 15 is 0 Å². The molecule has 2 N–H and O–H groups in total. The van der Waals surface area contributed by atoms with Gasteiger partial charge in [-0.2, -0.15) is 0 Å². The fourth-order valence-electron chi connectivity index (χ4n) is 6.15. The van der Waals surface area contributed by atoms with Crippen molar-refractivity contribution in [3.8, 4) is 22.6 Å². The lowest BCUT2D eigenvalue weighted by molar-refractivity contribution is -0.137. The molecule has 6 rings (SSSR count). The molecule has 0 fully saturated rings. The number of halogens is 2. The highest BCUT2D eigenvalue weighted by molar-refractivity contribution is 6.34. The molecular weight excluding hydrogens is 693 g/mol. The van der Waals surface area contributed by atoms with Crippen LogP contribution in [0.25, 0.3) is 55.4 Å². The standard InChI is InChI=1S/C39H37Cl2N3O7/c1-38(2,3)50-36(48)43-28-15-14-23(40)16-21(28)18-30(43)25-20-29-22(17-26(25)41)19-31(44(29)37(49)51-39(4,5)6)35-34(32(45)12-9-13-33(46)47)24-10-7-8-11-27(24)42-35/h7-8,10-11,14-20,42H,9,12-13H2,1-6H3,(H,46,47). The number of aromatic amines is 1. The van der Waals surface area contributed by atoms with E-state index in [2.05, 4.69) is 4.98 Å². The molecule has 0 saturated carbocycles. The molecule has 3 aromatic carbocycles. The molecule has 0 spiro atoms. The average Bonchev–Trinajstić information content (AvgIpc) is 3.69. The van der Waals surface area contributed by atoms with Crippen LogP contribution in [0.3, 0.4) is 0 Å². The number of aliphatic carboxylic acids is 1. The second kappa shape index (κ2) is 13.2. The largest absolute Gasteiger partial charge is 0.481 e. The molecule has 51 heavy (non-hydrogen) atoms. The molecule has 0 aliphatic rings. The molecule has 3 heterocycles. The summed E-state index contributed by atoms with van der Waals surface area (Å²) in [5.74, 6) is -1.27. The molecule has 264 valence electrons. The van der Waals surface area contributed by atoms with Crippen molar-refractivity contribution in [3.05, 3.63) is 82.3 Å². The Morgan fingerprint density at radius 2 is 1.35 bits per heavy atom. The number of ether oxygens (including phenoxy) is 2. The van der Waals surface area contributed by atoms with Crippen molar-refractivity contribution in [3.63, 3.8) is 0 Å². The zero-order chi connectivity index (χ0) is 37.0. The molecule has 0 unspecified atom stereocenters. The van der Waals surface area contributed by atoms with Gasteiger partial charge in [-0.15, -0.1) is 0 Å². The van der Waals surface area contributed by atoms with Crippen LogP contribution in [0.1, 0.15) is 71.2 Å². The van der Waals surface area contributed by atoms with Crippen molar-refractivity contribution in [2.45, 2.75) is 72.0 Å². The number of ketones is 1. The number of nitrogens with zero attached hydrogens (tertiary/aromatic N) is 2. The third kappa shape index (κ3) is 7.25. The molecule has 3 aromatic heterocycles. The number of carboxylic acids is 1. The van der Waals surface area contributed by atoms with Crippen LogP contribution in [0.5, 0.6) is 0 Å². The van der Waals surface area contributed by atoms with Crippen molar-refractivity contribution in [1.29, 1.82) is 0 Å².